The molecule has 5 nitrogen and oxygen atoms in total. The lowest BCUT2D eigenvalue weighted by Gasteiger charge is -2.41. The summed E-state index contributed by atoms with van der Waals surface area (Å²) in [5, 5.41) is 4.17. The maximum atomic E-state index is 13.0. The predicted molar refractivity (Wildman–Crippen MR) is 127 cm³/mol. The fourth-order valence-electron chi connectivity index (χ4n) is 5.63. The van der Waals surface area contributed by atoms with E-state index in [1.807, 2.05) is 12.1 Å². The number of ether oxygens (including phenoxy) is 1. The Labute approximate surface area is 197 Å². The van der Waals surface area contributed by atoms with Crippen LogP contribution in [0.3, 0.4) is 0 Å². The van der Waals surface area contributed by atoms with E-state index in [-0.39, 0.29) is 29.1 Å². The summed E-state index contributed by atoms with van der Waals surface area (Å²) in [6.45, 7) is 4.31. The molecule has 1 aromatic carbocycles. The second kappa shape index (κ2) is 11.1. The van der Waals surface area contributed by atoms with E-state index in [4.69, 9.17) is 16.3 Å². The fraction of sp³-hybridized carbons (Fsp3) is 0.692. The number of halogens is 1. The predicted octanol–water partition coefficient (Wildman–Crippen LogP) is 4.87. The molecule has 3 fully saturated rings. The molecule has 32 heavy (non-hydrogen) atoms. The van der Waals surface area contributed by atoms with Crippen LogP contribution in [0.15, 0.2) is 24.3 Å². The Bertz CT molecular complexity index is 762. The molecule has 0 radical (unpaired) electrons. The highest BCUT2D eigenvalue weighted by molar-refractivity contribution is 6.30. The van der Waals surface area contributed by atoms with Crippen molar-refractivity contribution in [3.05, 3.63) is 34.9 Å². The Morgan fingerprint density at radius 2 is 1.62 bits per heavy atom. The number of benzene rings is 1. The van der Waals surface area contributed by atoms with Gasteiger partial charge >= 0.3 is 0 Å². The lowest BCUT2D eigenvalue weighted by molar-refractivity contribution is -0.130. The molecule has 0 aromatic heterocycles. The smallest absolute Gasteiger partial charge is 0.223 e. The zero-order valence-electron chi connectivity index (χ0n) is 19.1. The molecule has 1 amide bonds. The number of ketones is 1. The van der Waals surface area contributed by atoms with Crippen molar-refractivity contribution in [1.82, 2.24) is 10.2 Å². The van der Waals surface area contributed by atoms with Gasteiger partial charge in [0, 0.05) is 47.7 Å². The molecule has 2 aliphatic heterocycles. The Morgan fingerprint density at radius 1 is 0.969 bits per heavy atom. The van der Waals surface area contributed by atoms with Crippen LogP contribution in [0.4, 0.5) is 0 Å². The second-order valence-corrected chi connectivity index (χ2v) is 10.4. The molecule has 1 N–H and O–H groups in total. The molecule has 0 atom stereocenters. The van der Waals surface area contributed by atoms with Crippen LogP contribution in [0.1, 0.15) is 74.6 Å². The summed E-state index contributed by atoms with van der Waals surface area (Å²) in [4.78, 5) is 28.3. The van der Waals surface area contributed by atoms with Gasteiger partial charge in [-0.1, -0.05) is 30.9 Å². The Hall–Kier alpha value is -1.43. The number of Topliss-reactive ketones (excluding diaryl/α,β-unsaturated/α-hetero) is 1. The number of carbonyl (C=O) groups is 2. The van der Waals surface area contributed by atoms with Crippen LogP contribution in [-0.4, -0.2) is 55.0 Å². The minimum atomic E-state index is -0.0520. The number of piperidine rings is 1. The van der Waals surface area contributed by atoms with Crippen LogP contribution in [0.25, 0.3) is 0 Å². The van der Waals surface area contributed by atoms with Gasteiger partial charge in [-0.3, -0.25) is 9.59 Å². The molecule has 1 aliphatic carbocycles. The highest BCUT2D eigenvalue weighted by Crippen LogP contribution is 2.33. The van der Waals surface area contributed by atoms with E-state index in [1.165, 1.54) is 19.3 Å². The van der Waals surface area contributed by atoms with Crippen molar-refractivity contribution >= 4 is 23.3 Å². The van der Waals surface area contributed by atoms with Crippen LogP contribution in [0.2, 0.25) is 5.02 Å². The molecule has 2 saturated heterocycles. The number of hydrogen-bond acceptors (Lipinski definition) is 4. The molecular formula is C26H37ClN2O3. The monoisotopic (exact) mass is 460 g/mol. The number of likely N-dealkylation sites (tertiary alicyclic amines) is 1. The molecular weight excluding hydrogens is 424 g/mol. The van der Waals surface area contributed by atoms with Gasteiger partial charge in [0.1, 0.15) is 0 Å². The summed E-state index contributed by atoms with van der Waals surface area (Å²) >= 11 is 5.96. The second-order valence-electron chi connectivity index (χ2n) is 9.95. The van der Waals surface area contributed by atoms with Crippen LogP contribution >= 0.6 is 11.6 Å². The number of carbonyl (C=O) groups excluding carboxylic acids is 2. The SMILES string of the molecule is O=C(NC1(CCN2CCC(C(=O)c3ccc(Cl)cc3)CC2)CCCCC1)C1CCOCC1. The van der Waals surface area contributed by atoms with Crippen molar-refractivity contribution in [1.29, 1.82) is 0 Å². The van der Waals surface area contributed by atoms with E-state index in [9.17, 15) is 9.59 Å². The molecule has 3 aliphatic rings. The summed E-state index contributed by atoms with van der Waals surface area (Å²) in [6.07, 6.45) is 10.4. The Kier molecular flexibility index (Phi) is 8.25. The van der Waals surface area contributed by atoms with Crippen molar-refractivity contribution in [2.75, 3.05) is 32.8 Å². The molecule has 176 valence electrons. The lowest BCUT2D eigenvalue weighted by Crippen LogP contribution is -2.54. The van der Waals surface area contributed by atoms with E-state index >= 15 is 0 Å². The van der Waals surface area contributed by atoms with E-state index in [2.05, 4.69) is 10.2 Å². The summed E-state index contributed by atoms with van der Waals surface area (Å²) in [5.74, 6) is 0.692. The normalized spacial score (nSPS) is 23.0. The minimum Gasteiger partial charge on any atom is -0.381 e. The van der Waals surface area contributed by atoms with Crippen LogP contribution in [-0.2, 0) is 9.53 Å². The van der Waals surface area contributed by atoms with Gasteiger partial charge in [0.15, 0.2) is 5.78 Å². The Balaban J connectivity index is 1.28. The maximum absolute atomic E-state index is 13.0. The van der Waals surface area contributed by atoms with Crippen molar-refractivity contribution in [3.63, 3.8) is 0 Å². The van der Waals surface area contributed by atoms with Crippen LogP contribution in [0, 0.1) is 11.8 Å². The first-order chi connectivity index (χ1) is 15.5. The van der Waals surface area contributed by atoms with Gasteiger partial charge in [-0.15, -0.1) is 0 Å². The van der Waals surface area contributed by atoms with Crippen LogP contribution < -0.4 is 5.32 Å². The Morgan fingerprint density at radius 3 is 2.28 bits per heavy atom. The van der Waals surface area contributed by atoms with Gasteiger partial charge in [-0.25, -0.2) is 0 Å². The molecule has 0 unspecified atom stereocenters. The van der Waals surface area contributed by atoms with Crippen molar-refractivity contribution in [3.8, 4) is 0 Å². The topological polar surface area (TPSA) is 58.6 Å². The average molecular weight is 461 g/mol. The van der Waals surface area contributed by atoms with Gasteiger partial charge in [0.05, 0.1) is 0 Å². The quantitative estimate of drug-likeness (QED) is 0.589. The standard InChI is InChI=1S/C26H37ClN2O3/c27-23-6-4-20(5-7-23)24(30)21-8-15-29(16-9-21)17-14-26(12-2-1-3-13-26)28-25(31)22-10-18-32-19-11-22/h4-7,21-22H,1-3,8-19H2,(H,28,31). The number of hydrogen-bond donors (Lipinski definition) is 1. The van der Waals surface area contributed by atoms with Gasteiger partial charge < -0.3 is 15.0 Å². The molecule has 0 bridgehead atoms. The maximum Gasteiger partial charge on any atom is 0.223 e. The first-order valence-corrected chi connectivity index (χ1v) is 12.8. The fourth-order valence-corrected chi connectivity index (χ4v) is 5.76. The van der Waals surface area contributed by atoms with E-state index in [0.29, 0.717) is 18.2 Å². The van der Waals surface area contributed by atoms with E-state index in [1.54, 1.807) is 12.1 Å². The highest BCUT2D eigenvalue weighted by atomic mass is 35.5. The number of nitrogens with zero attached hydrogens (tertiary/aromatic N) is 1. The largest absolute Gasteiger partial charge is 0.381 e. The molecule has 2 heterocycles. The van der Waals surface area contributed by atoms with Gasteiger partial charge in [-0.2, -0.15) is 0 Å². The number of nitrogens with one attached hydrogen (secondary N) is 1. The summed E-state index contributed by atoms with van der Waals surface area (Å²) in [5.41, 5.74) is 0.716. The molecule has 4 rings (SSSR count). The molecule has 0 spiro atoms. The molecule has 1 saturated carbocycles. The zero-order chi connectivity index (χ0) is 22.4. The first kappa shape index (κ1) is 23.7. The van der Waals surface area contributed by atoms with Gasteiger partial charge in [-0.05, 0) is 82.3 Å². The highest BCUT2D eigenvalue weighted by Gasteiger charge is 2.36. The minimum absolute atomic E-state index is 0.0520. The van der Waals surface area contributed by atoms with Crippen molar-refractivity contribution < 1.29 is 14.3 Å². The van der Waals surface area contributed by atoms with Crippen molar-refractivity contribution in [2.24, 2.45) is 11.8 Å². The third-order valence-corrected chi connectivity index (χ3v) is 8.04. The average Bonchev–Trinajstić information content (AvgIpc) is 2.84. The summed E-state index contributed by atoms with van der Waals surface area (Å²) < 4.78 is 5.43. The van der Waals surface area contributed by atoms with Gasteiger partial charge in [0.25, 0.3) is 0 Å². The zero-order valence-corrected chi connectivity index (χ0v) is 19.9. The third-order valence-electron chi connectivity index (χ3n) is 7.78. The number of amides is 1. The van der Waals surface area contributed by atoms with E-state index in [0.717, 1.165) is 70.1 Å². The van der Waals surface area contributed by atoms with E-state index < -0.39 is 0 Å². The van der Waals surface area contributed by atoms with Crippen LogP contribution in [0.5, 0.6) is 0 Å². The first-order valence-electron chi connectivity index (χ1n) is 12.5. The molecule has 1 aromatic rings. The summed E-state index contributed by atoms with van der Waals surface area (Å²) in [6, 6.07) is 7.26. The third kappa shape index (κ3) is 6.12. The van der Waals surface area contributed by atoms with Crippen molar-refractivity contribution in [2.45, 2.75) is 69.7 Å². The lowest BCUT2D eigenvalue weighted by atomic mass is 9.78. The number of rotatable bonds is 7. The van der Waals surface area contributed by atoms with Gasteiger partial charge in [0.2, 0.25) is 5.91 Å². The molecule has 6 heteroatoms. The summed E-state index contributed by atoms with van der Waals surface area (Å²) in [7, 11) is 0.